The number of pyridine rings is 1. The van der Waals surface area contributed by atoms with Gasteiger partial charge in [0.2, 0.25) is 0 Å². The highest BCUT2D eigenvalue weighted by atomic mass is 15.0. The molecule has 0 saturated carbocycles. The molecule has 1 unspecified atom stereocenters. The Kier molecular flexibility index (Phi) is 7.59. The summed E-state index contributed by atoms with van der Waals surface area (Å²) in [6.07, 6.45) is 11.3. The van der Waals surface area contributed by atoms with E-state index in [1.54, 1.807) is 0 Å². The fraction of sp³-hybridized carbons (Fsp3) is 0.419. The largest absolute Gasteiger partial charge is 0.378 e. The fourth-order valence-electron chi connectivity index (χ4n) is 5.59. The van der Waals surface area contributed by atoms with Gasteiger partial charge in [-0.1, -0.05) is 33.8 Å². The molecule has 0 bridgehead atoms. The molecule has 0 saturated heterocycles. The number of H-pyrrole nitrogens is 1. The Morgan fingerprint density at radius 2 is 1.60 bits per heavy atom. The molecular formula is C31H40N4. The second kappa shape index (κ2) is 10.6. The smallest absolute Gasteiger partial charge is 0.0689 e. The van der Waals surface area contributed by atoms with E-state index in [0.717, 1.165) is 43.5 Å². The molecule has 4 rings (SSSR count). The molecule has 2 N–H and O–H groups in total. The maximum Gasteiger partial charge on any atom is 0.0689 e. The summed E-state index contributed by atoms with van der Waals surface area (Å²) >= 11 is 0. The lowest BCUT2D eigenvalue weighted by Gasteiger charge is -2.17. The summed E-state index contributed by atoms with van der Waals surface area (Å²) in [6, 6.07) is 6.35. The highest BCUT2D eigenvalue weighted by Crippen LogP contribution is 2.37. The summed E-state index contributed by atoms with van der Waals surface area (Å²) in [5, 5.41) is 3.85. The van der Waals surface area contributed by atoms with Crippen LogP contribution in [0.3, 0.4) is 0 Å². The average Bonchev–Trinajstić information content (AvgIpc) is 3.46. The quantitative estimate of drug-likeness (QED) is 0.416. The van der Waals surface area contributed by atoms with E-state index < -0.39 is 0 Å². The molecule has 0 fully saturated rings. The highest BCUT2D eigenvalue weighted by molar-refractivity contribution is 6.06. The van der Waals surface area contributed by atoms with Crippen molar-refractivity contribution in [3.05, 3.63) is 86.3 Å². The van der Waals surface area contributed by atoms with Gasteiger partial charge in [-0.15, -0.1) is 0 Å². The van der Waals surface area contributed by atoms with E-state index in [2.05, 4.69) is 82.0 Å². The van der Waals surface area contributed by atoms with Gasteiger partial charge in [-0.05, 0) is 104 Å². The number of rotatable bonds is 8. The number of aromatic amines is 1. The van der Waals surface area contributed by atoms with Crippen LogP contribution in [0.4, 0.5) is 0 Å². The van der Waals surface area contributed by atoms with Gasteiger partial charge in [0.15, 0.2) is 0 Å². The molecule has 0 aliphatic carbocycles. The predicted molar refractivity (Wildman–Crippen MR) is 149 cm³/mol. The van der Waals surface area contributed by atoms with Crippen molar-refractivity contribution in [2.75, 3.05) is 0 Å². The van der Waals surface area contributed by atoms with Crippen molar-refractivity contribution in [1.82, 2.24) is 15.3 Å². The van der Waals surface area contributed by atoms with Gasteiger partial charge in [0.25, 0.3) is 0 Å². The van der Waals surface area contributed by atoms with Crippen LogP contribution in [0.5, 0.6) is 0 Å². The maximum absolute atomic E-state index is 5.25. The molecule has 2 aliphatic heterocycles. The SMILES string of the molecule is CCC1=C(CC)C(CC2N/C(=C\c3ccccn3)C(CC)=C2CC)=NC1=Cc1[nH]c(C)c(C)c1C. The van der Waals surface area contributed by atoms with Gasteiger partial charge < -0.3 is 10.3 Å². The van der Waals surface area contributed by atoms with Crippen LogP contribution < -0.4 is 5.32 Å². The van der Waals surface area contributed by atoms with Crippen molar-refractivity contribution < 1.29 is 0 Å². The van der Waals surface area contributed by atoms with Crippen LogP contribution >= 0.6 is 0 Å². The molecule has 1 atom stereocenters. The van der Waals surface area contributed by atoms with Crippen LogP contribution in [0.1, 0.15) is 88.0 Å². The second-order valence-corrected chi connectivity index (χ2v) is 9.59. The molecule has 4 heteroatoms. The lowest BCUT2D eigenvalue weighted by molar-refractivity contribution is 0.687. The number of aryl methyl sites for hydroxylation is 1. The van der Waals surface area contributed by atoms with Gasteiger partial charge in [-0.3, -0.25) is 9.98 Å². The number of allylic oxidation sites excluding steroid dienone is 3. The summed E-state index contributed by atoms with van der Waals surface area (Å²) in [6.45, 7) is 15.6. The molecular weight excluding hydrogens is 428 g/mol. The Bertz CT molecular complexity index is 1250. The Hall–Kier alpha value is -3.14. The van der Waals surface area contributed by atoms with E-state index in [9.17, 15) is 0 Å². The van der Waals surface area contributed by atoms with E-state index >= 15 is 0 Å². The van der Waals surface area contributed by atoms with Crippen molar-refractivity contribution in [2.45, 2.75) is 86.6 Å². The van der Waals surface area contributed by atoms with E-state index in [0.29, 0.717) is 0 Å². The van der Waals surface area contributed by atoms with Crippen molar-refractivity contribution in [1.29, 1.82) is 0 Å². The molecule has 4 heterocycles. The van der Waals surface area contributed by atoms with Gasteiger partial charge in [-0.2, -0.15) is 0 Å². The molecule has 4 nitrogen and oxygen atoms in total. The monoisotopic (exact) mass is 468 g/mol. The molecule has 0 spiro atoms. The standard InChI is InChI=1S/C31H40N4/c1-8-23-24(9-2)30(34-28(23)16-22-14-12-13-15-32-22)18-31-26(11-4)25(10-3)29(35-31)17-27-20(6)19(5)21(7)33-27/h12-17,30,33-34H,8-11,18H2,1-7H3/b28-16-,29-17?. The van der Waals surface area contributed by atoms with Crippen LogP contribution in [0.15, 0.2) is 63.1 Å². The lowest BCUT2D eigenvalue weighted by Crippen LogP contribution is -2.27. The molecule has 0 amide bonds. The second-order valence-electron chi connectivity index (χ2n) is 9.59. The van der Waals surface area contributed by atoms with Crippen molar-refractivity contribution in [3.8, 4) is 0 Å². The van der Waals surface area contributed by atoms with Gasteiger partial charge in [0.1, 0.15) is 0 Å². The van der Waals surface area contributed by atoms with Crippen molar-refractivity contribution in [3.63, 3.8) is 0 Å². The third-order valence-electron chi connectivity index (χ3n) is 7.69. The van der Waals surface area contributed by atoms with Gasteiger partial charge >= 0.3 is 0 Å². The Morgan fingerprint density at radius 1 is 0.857 bits per heavy atom. The molecule has 2 aromatic heterocycles. The summed E-state index contributed by atoms with van der Waals surface area (Å²) in [7, 11) is 0. The van der Waals surface area contributed by atoms with Crippen LogP contribution in [-0.2, 0) is 0 Å². The molecule has 2 aromatic rings. The van der Waals surface area contributed by atoms with Gasteiger partial charge in [-0.25, -0.2) is 0 Å². The summed E-state index contributed by atoms with van der Waals surface area (Å²) in [5.41, 5.74) is 15.4. The first-order valence-corrected chi connectivity index (χ1v) is 13.2. The van der Waals surface area contributed by atoms with E-state index in [1.165, 1.54) is 56.2 Å². The Morgan fingerprint density at radius 3 is 2.17 bits per heavy atom. The highest BCUT2D eigenvalue weighted by Gasteiger charge is 2.31. The minimum Gasteiger partial charge on any atom is -0.378 e. The van der Waals surface area contributed by atoms with E-state index in [4.69, 9.17) is 4.99 Å². The topological polar surface area (TPSA) is 53.1 Å². The zero-order valence-corrected chi connectivity index (χ0v) is 22.5. The summed E-state index contributed by atoms with van der Waals surface area (Å²) < 4.78 is 0. The maximum atomic E-state index is 5.25. The van der Waals surface area contributed by atoms with Crippen LogP contribution in [0.25, 0.3) is 12.2 Å². The number of nitrogens with zero attached hydrogens (tertiary/aromatic N) is 2. The number of hydrogen-bond donors (Lipinski definition) is 2. The van der Waals surface area contributed by atoms with Gasteiger partial charge in [0.05, 0.1) is 17.4 Å². The third-order valence-corrected chi connectivity index (χ3v) is 7.69. The number of aromatic nitrogens is 2. The third kappa shape index (κ3) is 4.84. The van der Waals surface area contributed by atoms with Crippen molar-refractivity contribution in [2.24, 2.45) is 4.99 Å². The number of aliphatic imine (C=N–C) groups is 1. The number of nitrogens with one attached hydrogen (secondary N) is 2. The van der Waals surface area contributed by atoms with E-state index in [1.807, 2.05) is 18.3 Å². The summed E-state index contributed by atoms with van der Waals surface area (Å²) in [5.74, 6) is 0. The fourth-order valence-corrected chi connectivity index (χ4v) is 5.59. The van der Waals surface area contributed by atoms with Crippen LogP contribution in [0, 0.1) is 20.8 Å². The first-order valence-electron chi connectivity index (χ1n) is 13.2. The van der Waals surface area contributed by atoms with Crippen LogP contribution in [0.2, 0.25) is 0 Å². The zero-order chi connectivity index (χ0) is 25.1. The Balaban J connectivity index is 1.69. The molecule has 184 valence electrons. The normalized spacial score (nSPS) is 20.4. The molecule has 0 aromatic carbocycles. The first kappa shape index (κ1) is 25.0. The average molecular weight is 469 g/mol. The minimum atomic E-state index is 0.277. The molecule has 35 heavy (non-hydrogen) atoms. The lowest BCUT2D eigenvalue weighted by atomic mass is 9.92. The predicted octanol–water partition coefficient (Wildman–Crippen LogP) is 7.77. The zero-order valence-electron chi connectivity index (χ0n) is 22.5. The van der Waals surface area contributed by atoms with Crippen molar-refractivity contribution >= 4 is 17.9 Å². The first-order chi connectivity index (χ1) is 16.9. The molecule has 0 radical (unpaired) electrons. The Labute approximate surface area is 211 Å². The van der Waals surface area contributed by atoms with E-state index in [-0.39, 0.29) is 6.04 Å². The number of hydrogen-bond acceptors (Lipinski definition) is 3. The molecule has 2 aliphatic rings. The summed E-state index contributed by atoms with van der Waals surface area (Å²) in [4.78, 5) is 13.3. The van der Waals surface area contributed by atoms with Crippen LogP contribution in [-0.4, -0.2) is 21.7 Å². The van der Waals surface area contributed by atoms with Gasteiger partial charge in [0, 0.05) is 35.4 Å². The minimum absolute atomic E-state index is 0.277.